The van der Waals surface area contributed by atoms with Crippen molar-refractivity contribution in [3.05, 3.63) is 42.5 Å². The van der Waals surface area contributed by atoms with Gasteiger partial charge >= 0.3 is 7.82 Å². The predicted molar refractivity (Wildman–Crippen MR) is 109 cm³/mol. The van der Waals surface area contributed by atoms with E-state index >= 15 is 0 Å². The van der Waals surface area contributed by atoms with Gasteiger partial charge in [-0.1, -0.05) is 32.0 Å². The van der Waals surface area contributed by atoms with E-state index in [4.69, 9.17) is 14.5 Å². The summed E-state index contributed by atoms with van der Waals surface area (Å²) in [6.45, 7) is 3.61. The van der Waals surface area contributed by atoms with Crippen molar-refractivity contribution < 1.29 is 33.8 Å². The molecule has 0 amide bonds. The Labute approximate surface area is 177 Å². The lowest BCUT2D eigenvalue weighted by molar-refractivity contribution is -0.0504. The smallest absolute Gasteiger partial charge is 0.387 e. The van der Waals surface area contributed by atoms with E-state index in [1.807, 2.05) is 24.3 Å². The average Bonchev–Trinajstić information content (AvgIpc) is 3.27. The van der Waals surface area contributed by atoms with E-state index in [-0.39, 0.29) is 0 Å². The third-order valence-corrected chi connectivity index (χ3v) is 5.69. The number of imidazole rings is 1. The second kappa shape index (κ2) is 8.36. The Balaban J connectivity index is 1.67. The molecule has 1 saturated heterocycles. The maximum atomic E-state index is 10.9. The number of benzene rings is 1. The average molecular weight is 450 g/mol. The van der Waals surface area contributed by atoms with Crippen molar-refractivity contribution in [3.63, 3.8) is 0 Å². The number of aliphatic hydroxyl groups excluding tert-OH is 2. The van der Waals surface area contributed by atoms with Crippen LogP contribution in [0, 0.1) is 0 Å². The number of ether oxygens (including phenoxy) is 1. The lowest BCUT2D eigenvalue weighted by Gasteiger charge is -2.16. The van der Waals surface area contributed by atoms with Gasteiger partial charge in [0, 0.05) is 5.56 Å². The third kappa shape index (κ3) is 4.39. The third-order valence-electron chi connectivity index (χ3n) is 5.20. The molecule has 1 aliphatic heterocycles. The topological polar surface area (TPSA) is 160 Å². The zero-order valence-corrected chi connectivity index (χ0v) is 17.7. The second-order valence-electron chi connectivity index (χ2n) is 7.66. The van der Waals surface area contributed by atoms with Gasteiger partial charge in [0.1, 0.15) is 35.8 Å². The Kier molecular flexibility index (Phi) is 5.93. The molecule has 166 valence electrons. The quantitative estimate of drug-likeness (QED) is 0.404. The van der Waals surface area contributed by atoms with E-state index in [0.717, 1.165) is 11.1 Å². The van der Waals surface area contributed by atoms with Gasteiger partial charge in [-0.2, -0.15) is 0 Å². The van der Waals surface area contributed by atoms with Crippen LogP contribution in [0.1, 0.15) is 31.6 Å². The molecule has 3 aromatic rings. The minimum Gasteiger partial charge on any atom is -0.387 e. The van der Waals surface area contributed by atoms with E-state index < -0.39 is 39.0 Å². The first kappa shape index (κ1) is 22.0. The molecule has 2 aromatic heterocycles. The van der Waals surface area contributed by atoms with Gasteiger partial charge in [0.05, 0.1) is 12.9 Å². The molecule has 0 aliphatic carbocycles. The van der Waals surface area contributed by atoms with Crippen LogP contribution in [0.25, 0.3) is 22.4 Å². The fourth-order valence-electron chi connectivity index (χ4n) is 3.56. The van der Waals surface area contributed by atoms with E-state index in [0.29, 0.717) is 22.8 Å². The highest BCUT2D eigenvalue weighted by atomic mass is 31.2. The number of aromatic nitrogens is 4. The fraction of sp³-hybridized carbons (Fsp3) is 0.421. The molecule has 3 heterocycles. The highest BCUT2D eigenvalue weighted by Crippen LogP contribution is 2.39. The molecule has 0 spiro atoms. The lowest BCUT2D eigenvalue weighted by Crippen LogP contribution is -2.33. The summed E-state index contributed by atoms with van der Waals surface area (Å²) < 4.78 is 22.4. The van der Waals surface area contributed by atoms with Gasteiger partial charge in [-0.15, -0.1) is 0 Å². The summed E-state index contributed by atoms with van der Waals surface area (Å²) in [6, 6.07) is 7.94. The molecule has 1 aromatic carbocycles. The Hall–Kier alpha value is -2.24. The van der Waals surface area contributed by atoms with Crippen LogP contribution in [0.4, 0.5) is 0 Å². The number of rotatable bonds is 6. The van der Waals surface area contributed by atoms with E-state index in [2.05, 4.69) is 33.3 Å². The van der Waals surface area contributed by atoms with Crippen LogP contribution in [0.5, 0.6) is 0 Å². The Bertz CT molecular complexity index is 1130. The van der Waals surface area contributed by atoms with Crippen molar-refractivity contribution >= 4 is 19.0 Å². The molecule has 4 N–H and O–H groups in total. The Morgan fingerprint density at radius 2 is 1.97 bits per heavy atom. The van der Waals surface area contributed by atoms with Gasteiger partial charge < -0.3 is 24.7 Å². The number of nitrogens with zero attached hydrogens (tertiary/aromatic N) is 4. The maximum absolute atomic E-state index is 10.9. The summed E-state index contributed by atoms with van der Waals surface area (Å²) in [6.07, 6.45) is -2.22. The number of aliphatic hydroxyl groups is 2. The second-order valence-corrected chi connectivity index (χ2v) is 8.90. The highest BCUT2D eigenvalue weighted by Gasteiger charge is 2.45. The Morgan fingerprint density at radius 1 is 1.19 bits per heavy atom. The SMILES string of the molecule is CC(C)c1cccc(-c2ncnc3c2ncn3[C@@H]2OC(COP(=O)(O)O)[C@@H](O)[C@H]2O)c1. The highest BCUT2D eigenvalue weighted by molar-refractivity contribution is 7.46. The fourth-order valence-corrected chi connectivity index (χ4v) is 3.90. The van der Waals surface area contributed by atoms with Gasteiger partial charge in [-0.05, 0) is 17.5 Å². The molecule has 1 aliphatic rings. The molecule has 0 saturated carbocycles. The van der Waals surface area contributed by atoms with E-state index in [1.165, 1.54) is 17.2 Å². The Morgan fingerprint density at radius 3 is 2.68 bits per heavy atom. The van der Waals surface area contributed by atoms with Crippen LogP contribution < -0.4 is 0 Å². The van der Waals surface area contributed by atoms with Crippen LogP contribution in [0.3, 0.4) is 0 Å². The summed E-state index contributed by atoms with van der Waals surface area (Å²) in [5.74, 6) is 0.339. The van der Waals surface area contributed by atoms with Gasteiger partial charge in [-0.3, -0.25) is 9.09 Å². The van der Waals surface area contributed by atoms with Crippen LogP contribution in [-0.2, 0) is 13.8 Å². The van der Waals surface area contributed by atoms with Gasteiger partial charge in [0.25, 0.3) is 0 Å². The zero-order chi connectivity index (χ0) is 22.3. The molecule has 11 nitrogen and oxygen atoms in total. The molecule has 4 rings (SSSR count). The van der Waals surface area contributed by atoms with E-state index in [1.54, 1.807) is 0 Å². The molecule has 12 heteroatoms. The number of fused-ring (bicyclic) bond motifs is 1. The molecule has 4 atom stereocenters. The normalized spacial score (nSPS) is 24.4. The summed E-state index contributed by atoms with van der Waals surface area (Å²) in [5, 5.41) is 20.7. The first-order valence-electron chi connectivity index (χ1n) is 9.65. The molecule has 0 bridgehead atoms. The standard InChI is InChI=1S/C19H23N4O7P/c1-10(2)11-4-3-5-12(6-11)14-15-18(21-8-20-14)23(9-22-15)19-17(25)16(24)13(30-19)7-29-31(26,27)28/h3-6,8-10,13,16-17,19,24-25H,7H2,1-2H3,(H2,26,27,28)/t13?,16-,17-,19-/m1/s1. The number of phosphoric ester groups is 1. The monoisotopic (exact) mass is 450 g/mol. The van der Waals surface area contributed by atoms with Crippen LogP contribution in [0.15, 0.2) is 36.9 Å². The van der Waals surface area contributed by atoms with Crippen LogP contribution in [-0.4, -0.2) is 64.4 Å². The molecular formula is C19H23N4O7P. The predicted octanol–water partition coefficient (Wildman–Crippen LogP) is 1.35. The van der Waals surface area contributed by atoms with Gasteiger partial charge in [0.2, 0.25) is 0 Å². The van der Waals surface area contributed by atoms with E-state index in [9.17, 15) is 14.8 Å². The van der Waals surface area contributed by atoms with Crippen LogP contribution in [0.2, 0.25) is 0 Å². The van der Waals surface area contributed by atoms with Crippen molar-refractivity contribution in [2.24, 2.45) is 0 Å². The number of phosphoric acid groups is 1. The lowest BCUT2D eigenvalue weighted by atomic mass is 9.99. The van der Waals surface area contributed by atoms with Crippen LogP contribution >= 0.6 is 7.82 Å². The first-order valence-corrected chi connectivity index (χ1v) is 11.2. The zero-order valence-electron chi connectivity index (χ0n) is 16.8. The molecule has 1 unspecified atom stereocenters. The minimum absolute atomic E-state index is 0.339. The van der Waals surface area contributed by atoms with Crippen molar-refractivity contribution in [1.82, 2.24) is 19.5 Å². The summed E-state index contributed by atoms with van der Waals surface area (Å²) in [7, 11) is -4.75. The molecule has 31 heavy (non-hydrogen) atoms. The van der Waals surface area contributed by atoms with Crippen molar-refractivity contribution in [2.75, 3.05) is 6.61 Å². The van der Waals surface area contributed by atoms with Crippen molar-refractivity contribution in [3.8, 4) is 11.3 Å². The number of hydrogen-bond acceptors (Lipinski definition) is 8. The van der Waals surface area contributed by atoms with Crippen molar-refractivity contribution in [2.45, 2.75) is 44.3 Å². The van der Waals surface area contributed by atoms with Crippen molar-refractivity contribution in [1.29, 1.82) is 0 Å². The first-order chi connectivity index (χ1) is 14.7. The molecular weight excluding hydrogens is 427 g/mol. The summed E-state index contributed by atoms with van der Waals surface area (Å²) in [5.41, 5.74) is 3.50. The number of hydrogen-bond donors (Lipinski definition) is 4. The van der Waals surface area contributed by atoms with Gasteiger partial charge in [0.15, 0.2) is 11.9 Å². The largest absolute Gasteiger partial charge is 0.469 e. The summed E-state index contributed by atoms with van der Waals surface area (Å²) >= 11 is 0. The molecule has 1 fully saturated rings. The van der Waals surface area contributed by atoms with Gasteiger partial charge in [-0.25, -0.2) is 19.5 Å². The minimum atomic E-state index is -4.75. The molecule has 0 radical (unpaired) electrons. The summed E-state index contributed by atoms with van der Waals surface area (Å²) in [4.78, 5) is 30.8. The maximum Gasteiger partial charge on any atom is 0.469 e.